The summed E-state index contributed by atoms with van der Waals surface area (Å²) in [6, 6.07) is 0. The number of rotatable bonds is 3. The number of likely N-dealkylation sites (tertiary alicyclic amines) is 1. The molecule has 3 nitrogen and oxygen atoms in total. The molecule has 0 aromatic heterocycles. The Morgan fingerprint density at radius 3 is 2.56 bits per heavy atom. The summed E-state index contributed by atoms with van der Waals surface area (Å²) in [7, 11) is 0. The fourth-order valence-electron chi connectivity index (χ4n) is 1.63. The maximum absolute atomic E-state index is 5.96. The van der Waals surface area contributed by atoms with Gasteiger partial charge >= 0.3 is 0 Å². The zero-order valence-electron chi connectivity index (χ0n) is 10.5. The molecule has 0 spiro atoms. The van der Waals surface area contributed by atoms with Gasteiger partial charge in [0, 0.05) is 18.3 Å². The molecule has 0 amide bonds. The molecule has 96 valence electrons. The second-order valence-corrected chi connectivity index (χ2v) is 5.69. The fourth-order valence-corrected chi connectivity index (χ4v) is 1.86. The highest BCUT2D eigenvalue weighted by atomic mass is 127. The fraction of sp³-hybridized carbons (Fsp3) is 0.909. The monoisotopic (exact) mass is 357 g/mol. The highest BCUT2D eigenvalue weighted by molar-refractivity contribution is 14.0. The Balaban J connectivity index is 0.00000225. The first-order chi connectivity index (χ1) is 7.13. The molecule has 0 bridgehead atoms. The molecule has 1 heterocycles. The molecular formula is C11H24IN3S. The topological polar surface area (TPSA) is 41.6 Å². The van der Waals surface area contributed by atoms with Gasteiger partial charge in [-0.1, -0.05) is 13.8 Å². The van der Waals surface area contributed by atoms with E-state index in [1.165, 1.54) is 12.8 Å². The maximum atomic E-state index is 5.96. The lowest BCUT2D eigenvalue weighted by molar-refractivity contribution is 0.277. The van der Waals surface area contributed by atoms with Gasteiger partial charge in [-0.3, -0.25) is 4.99 Å². The summed E-state index contributed by atoms with van der Waals surface area (Å²) in [5.74, 6) is 1.59. The summed E-state index contributed by atoms with van der Waals surface area (Å²) in [6.45, 7) is 7.47. The van der Waals surface area contributed by atoms with Crippen molar-refractivity contribution in [3.8, 4) is 0 Å². The number of hydrogen-bond acceptors (Lipinski definition) is 2. The van der Waals surface area contributed by atoms with E-state index in [0.29, 0.717) is 5.25 Å². The van der Waals surface area contributed by atoms with Crippen LogP contribution in [0, 0.1) is 5.92 Å². The van der Waals surface area contributed by atoms with E-state index >= 15 is 0 Å². The minimum Gasteiger partial charge on any atom is -0.370 e. The molecule has 0 aromatic carbocycles. The smallest absolute Gasteiger partial charge is 0.191 e. The first-order valence-electron chi connectivity index (χ1n) is 5.71. The Morgan fingerprint density at radius 1 is 1.50 bits per heavy atom. The third-order valence-corrected chi connectivity index (χ3v) is 3.97. The van der Waals surface area contributed by atoms with E-state index in [4.69, 9.17) is 5.73 Å². The van der Waals surface area contributed by atoms with Gasteiger partial charge in [0.05, 0.1) is 6.54 Å². The molecule has 1 aliphatic rings. The quantitative estimate of drug-likeness (QED) is 0.479. The van der Waals surface area contributed by atoms with E-state index in [1.807, 2.05) is 11.8 Å². The number of nitrogens with two attached hydrogens (primary N) is 1. The number of nitrogens with zero attached hydrogens (tertiary/aromatic N) is 2. The van der Waals surface area contributed by atoms with Crippen molar-refractivity contribution >= 4 is 41.7 Å². The molecule has 5 heteroatoms. The summed E-state index contributed by atoms with van der Waals surface area (Å²) in [5, 5.41) is 0.562. The van der Waals surface area contributed by atoms with Gasteiger partial charge in [-0.25, -0.2) is 0 Å². The highest BCUT2D eigenvalue weighted by Gasteiger charge is 2.16. The number of halogens is 1. The zero-order chi connectivity index (χ0) is 11.3. The molecule has 1 rings (SSSR count). The largest absolute Gasteiger partial charge is 0.370 e. The van der Waals surface area contributed by atoms with Crippen LogP contribution in [-0.4, -0.2) is 42.0 Å². The van der Waals surface area contributed by atoms with Crippen LogP contribution >= 0.6 is 35.7 Å². The van der Waals surface area contributed by atoms with Crippen molar-refractivity contribution in [1.82, 2.24) is 4.90 Å². The molecule has 0 aromatic rings. The average Bonchev–Trinajstić information content (AvgIpc) is 2.26. The maximum Gasteiger partial charge on any atom is 0.191 e. The molecule has 0 aliphatic carbocycles. The van der Waals surface area contributed by atoms with Crippen LogP contribution in [0.2, 0.25) is 0 Å². The van der Waals surface area contributed by atoms with Crippen LogP contribution in [0.4, 0.5) is 0 Å². The molecule has 0 saturated carbocycles. The zero-order valence-corrected chi connectivity index (χ0v) is 13.6. The van der Waals surface area contributed by atoms with Gasteiger partial charge in [0.1, 0.15) is 0 Å². The lowest BCUT2D eigenvalue weighted by atomic mass is 10.00. The van der Waals surface area contributed by atoms with Gasteiger partial charge in [-0.15, -0.1) is 24.0 Å². The number of guanidine groups is 1. The summed E-state index contributed by atoms with van der Waals surface area (Å²) in [4.78, 5) is 6.66. The van der Waals surface area contributed by atoms with Crippen molar-refractivity contribution in [2.75, 3.05) is 25.9 Å². The number of thioether (sulfide) groups is 1. The Bertz CT molecular complexity index is 215. The lowest BCUT2D eigenvalue weighted by Gasteiger charge is -2.31. The van der Waals surface area contributed by atoms with Gasteiger partial charge in [0.15, 0.2) is 5.96 Å². The van der Waals surface area contributed by atoms with Gasteiger partial charge in [0.2, 0.25) is 0 Å². The predicted octanol–water partition coefficient (Wildman–Crippen LogP) is 2.40. The molecular weight excluding hydrogens is 333 g/mol. The third kappa shape index (κ3) is 5.61. The number of piperidine rings is 1. The first kappa shape index (κ1) is 16.4. The Kier molecular flexibility index (Phi) is 8.63. The van der Waals surface area contributed by atoms with Crippen LogP contribution in [0.3, 0.4) is 0 Å². The molecule has 0 radical (unpaired) electrons. The van der Waals surface area contributed by atoms with E-state index in [9.17, 15) is 0 Å². The molecule has 1 aliphatic heterocycles. The highest BCUT2D eigenvalue weighted by Crippen LogP contribution is 2.15. The Hall–Kier alpha value is 0.350. The van der Waals surface area contributed by atoms with E-state index in [-0.39, 0.29) is 24.0 Å². The van der Waals surface area contributed by atoms with E-state index < -0.39 is 0 Å². The molecule has 2 N–H and O–H groups in total. The molecule has 16 heavy (non-hydrogen) atoms. The van der Waals surface area contributed by atoms with Crippen molar-refractivity contribution in [2.24, 2.45) is 16.6 Å². The number of hydrogen-bond donors (Lipinski definition) is 1. The van der Waals surface area contributed by atoms with Crippen LogP contribution in [0.1, 0.15) is 26.7 Å². The van der Waals surface area contributed by atoms with Crippen LogP contribution in [-0.2, 0) is 0 Å². The van der Waals surface area contributed by atoms with Crippen LogP contribution in [0.5, 0.6) is 0 Å². The van der Waals surface area contributed by atoms with Gasteiger partial charge in [-0.2, -0.15) is 11.8 Å². The van der Waals surface area contributed by atoms with Crippen LogP contribution in [0.15, 0.2) is 4.99 Å². The summed E-state index contributed by atoms with van der Waals surface area (Å²) < 4.78 is 0. The standard InChI is InChI=1S/C11H23N3S.HI/c1-9-4-6-14(7-5-9)11(12)13-8-10(2)15-3;/h9-10H,4-8H2,1-3H3,(H2,12,13);1H. The SMILES string of the molecule is CSC(C)CN=C(N)N1CCC(C)CC1.I. The Labute approximate surface area is 121 Å². The van der Waals surface area contributed by atoms with E-state index in [2.05, 4.69) is 30.0 Å². The second kappa shape index (κ2) is 8.44. The summed E-state index contributed by atoms with van der Waals surface area (Å²) >= 11 is 1.83. The van der Waals surface area contributed by atoms with E-state index in [0.717, 1.165) is 31.5 Å². The molecule has 1 unspecified atom stereocenters. The van der Waals surface area contributed by atoms with Gasteiger partial charge < -0.3 is 10.6 Å². The first-order valence-corrected chi connectivity index (χ1v) is 7.00. The number of aliphatic imine (C=N–C) groups is 1. The molecule has 1 fully saturated rings. The third-order valence-electron chi connectivity index (χ3n) is 3.02. The lowest BCUT2D eigenvalue weighted by Crippen LogP contribution is -2.42. The minimum atomic E-state index is 0. The Morgan fingerprint density at radius 2 is 2.06 bits per heavy atom. The van der Waals surface area contributed by atoms with Crippen molar-refractivity contribution in [1.29, 1.82) is 0 Å². The predicted molar refractivity (Wildman–Crippen MR) is 84.9 cm³/mol. The van der Waals surface area contributed by atoms with Crippen LogP contribution in [0.25, 0.3) is 0 Å². The van der Waals surface area contributed by atoms with Gasteiger partial charge in [-0.05, 0) is 25.0 Å². The van der Waals surface area contributed by atoms with E-state index in [1.54, 1.807) is 0 Å². The summed E-state index contributed by atoms with van der Waals surface area (Å²) in [6.07, 6.45) is 4.60. The van der Waals surface area contributed by atoms with Crippen molar-refractivity contribution in [3.05, 3.63) is 0 Å². The average molecular weight is 357 g/mol. The molecule has 1 saturated heterocycles. The van der Waals surface area contributed by atoms with Crippen molar-refractivity contribution in [2.45, 2.75) is 31.9 Å². The summed E-state index contributed by atoms with van der Waals surface area (Å²) in [5.41, 5.74) is 5.96. The van der Waals surface area contributed by atoms with Crippen molar-refractivity contribution < 1.29 is 0 Å². The van der Waals surface area contributed by atoms with Crippen molar-refractivity contribution in [3.63, 3.8) is 0 Å². The second-order valence-electron chi connectivity index (χ2n) is 4.41. The van der Waals surface area contributed by atoms with Gasteiger partial charge in [0.25, 0.3) is 0 Å². The van der Waals surface area contributed by atoms with Crippen LogP contribution < -0.4 is 5.73 Å². The minimum absolute atomic E-state index is 0. The molecule has 1 atom stereocenters. The normalized spacial score (nSPS) is 20.4.